The third-order valence-electron chi connectivity index (χ3n) is 1.31. The molecule has 3 N–H and O–H groups in total. The van der Waals surface area contributed by atoms with Crippen molar-refractivity contribution in [2.24, 2.45) is 0 Å². The molecule has 0 atom stereocenters. The van der Waals surface area contributed by atoms with E-state index in [1.807, 2.05) is 0 Å². The van der Waals surface area contributed by atoms with Crippen molar-refractivity contribution in [3.05, 3.63) is 0 Å². The van der Waals surface area contributed by atoms with Crippen LogP contribution in [0.25, 0.3) is 0 Å². The minimum Gasteiger partial charge on any atom is -0.357 e. The van der Waals surface area contributed by atoms with Gasteiger partial charge < -0.3 is 16.0 Å². The lowest BCUT2D eigenvalue weighted by molar-refractivity contribution is 1.04. The standard InChI is InChI=1S/C6H12N6/c1-7-4-10-5(8-2)12-6(9-3)11-4/h1-3H3,(H3,7,8,9,10,11,12). The Morgan fingerprint density at radius 2 is 0.917 bits per heavy atom. The predicted octanol–water partition coefficient (Wildman–Crippen LogP) is -0.00330. The molecule has 0 spiro atoms. The van der Waals surface area contributed by atoms with E-state index in [1.54, 1.807) is 21.1 Å². The van der Waals surface area contributed by atoms with Crippen LogP contribution in [0.4, 0.5) is 17.8 Å². The molecule has 6 heteroatoms. The second kappa shape index (κ2) is 3.70. The molecule has 12 heavy (non-hydrogen) atoms. The molecule has 0 aliphatic heterocycles. The molecule has 0 bridgehead atoms. The first-order chi connectivity index (χ1) is 5.80. The molecular formula is C6H12N6. The summed E-state index contributed by atoms with van der Waals surface area (Å²) < 4.78 is 0. The van der Waals surface area contributed by atoms with E-state index in [0.29, 0.717) is 17.8 Å². The van der Waals surface area contributed by atoms with Crippen LogP contribution in [0.1, 0.15) is 0 Å². The highest BCUT2D eigenvalue weighted by molar-refractivity contribution is 5.40. The van der Waals surface area contributed by atoms with Crippen molar-refractivity contribution in [2.75, 3.05) is 37.1 Å². The molecule has 1 rings (SSSR count). The van der Waals surface area contributed by atoms with Crippen molar-refractivity contribution < 1.29 is 0 Å². The number of nitrogens with one attached hydrogen (secondary N) is 3. The minimum absolute atomic E-state index is 0.540. The maximum absolute atomic E-state index is 4.03. The zero-order valence-electron chi connectivity index (χ0n) is 7.34. The van der Waals surface area contributed by atoms with Crippen LogP contribution < -0.4 is 16.0 Å². The minimum atomic E-state index is 0.540. The molecule has 1 aromatic heterocycles. The first-order valence-corrected chi connectivity index (χ1v) is 3.59. The number of hydrogen-bond acceptors (Lipinski definition) is 6. The fraction of sp³-hybridized carbons (Fsp3) is 0.500. The molecule has 0 aromatic carbocycles. The Morgan fingerprint density at radius 3 is 1.08 bits per heavy atom. The predicted molar refractivity (Wildman–Crippen MR) is 48.5 cm³/mol. The van der Waals surface area contributed by atoms with E-state index in [-0.39, 0.29) is 0 Å². The Balaban J connectivity index is 3.01. The van der Waals surface area contributed by atoms with Gasteiger partial charge in [0.05, 0.1) is 0 Å². The van der Waals surface area contributed by atoms with E-state index in [2.05, 4.69) is 30.9 Å². The average Bonchev–Trinajstić information content (AvgIpc) is 2.16. The van der Waals surface area contributed by atoms with Crippen LogP contribution in [-0.4, -0.2) is 36.1 Å². The van der Waals surface area contributed by atoms with E-state index in [9.17, 15) is 0 Å². The van der Waals surface area contributed by atoms with Gasteiger partial charge in [-0.3, -0.25) is 0 Å². The van der Waals surface area contributed by atoms with E-state index in [1.165, 1.54) is 0 Å². The fourth-order valence-corrected chi connectivity index (χ4v) is 0.711. The van der Waals surface area contributed by atoms with Crippen LogP contribution in [0, 0.1) is 0 Å². The van der Waals surface area contributed by atoms with Crippen molar-refractivity contribution in [3.8, 4) is 0 Å². The highest BCUT2D eigenvalue weighted by atomic mass is 15.3. The highest BCUT2D eigenvalue weighted by Crippen LogP contribution is 2.06. The largest absolute Gasteiger partial charge is 0.357 e. The molecule has 0 saturated carbocycles. The maximum Gasteiger partial charge on any atom is 0.229 e. The van der Waals surface area contributed by atoms with E-state index >= 15 is 0 Å². The van der Waals surface area contributed by atoms with Gasteiger partial charge in [-0.25, -0.2) is 0 Å². The zero-order chi connectivity index (χ0) is 8.97. The highest BCUT2D eigenvalue weighted by Gasteiger charge is 2.00. The molecule has 0 aliphatic rings. The Bertz CT molecular complexity index is 205. The Morgan fingerprint density at radius 1 is 0.667 bits per heavy atom. The van der Waals surface area contributed by atoms with Gasteiger partial charge in [-0.2, -0.15) is 15.0 Å². The van der Waals surface area contributed by atoms with Crippen LogP contribution in [-0.2, 0) is 0 Å². The third-order valence-corrected chi connectivity index (χ3v) is 1.31. The quantitative estimate of drug-likeness (QED) is 0.589. The van der Waals surface area contributed by atoms with Crippen molar-refractivity contribution in [1.29, 1.82) is 0 Å². The molecule has 0 aliphatic carbocycles. The first kappa shape index (κ1) is 8.51. The molecule has 0 amide bonds. The number of rotatable bonds is 3. The van der Waals surface area contributed by atoms with E-state index in [0.717, 1.165) is 0 Å². The first-order valence-electron chi connectivity index (χ1n) is 3.59. The van der Waals surface area contributed by atoms with Gasteiger partial charge >= 0.3 is 0 Å². The molecule has 1 heterocycles. The molecule has 66 valence electrons. The Hall–Kier alpha value is -1.59. The molecule has 0 fully saturated rings. The summed E-state index contributed by atoms with van der Waals surface area (Å²) in [4.78, 5) is 12.1. The summed E-state index contributed by atoms with van der Waals surface area (Å²) >= 11 is 0. The summed E-state index contributed by atoms with van der Waals surface area (Å²) in [5.74, 6) is 1.62. The fourth-order valence-electron chi connectivity index (χ4n) is 0.711. The third kappa shape index (κ3) is 1.71. The lowest BCUT2D eigenvalue weighted by Crippen LogP contribution is -2.06. The van der Waals surface area contributed by atoms with Gasteiger partial charge in [-0.15, -0.1) is 0 Å². The summed E-state index contributed by atoms with van der Waals surface area (Å²) in [7, 11) is 5.27. The van der Waals surface area contributed by atoms with Crippen molar-refractivity contribution >= 4 is 17.8 Å². The second-order valence-electron chi connectivity index (χ2n) is 2.06. The monoisotopic (exact) mass is 168 g/mol. The van der Waals surface area contributed by atoms with Crippen LogP contribution >= 0.6 is 0 Å². The van der Waals surface area contributed by atoms with Gasteiger partial charge in [-0.1, -0.05) is 0 Å². The smallest absolute Gasteiger partial charge is 0.229 e. The number of hydrogen-bond donors (Lipinski definition) is 3. The van der Waals surface area contributed by atoms with Crippen LogP contribution in [0.15, 0.2) is 0 Å². The van der Waals surface area contributed by atoms with Crippen molar-refractivity contribution in [3.63, 3.8) is 0 Å². The lowest BCUT2D eigenvalue weighted by Gasteiger charge is -2.04. The number of nitrogens with zero attached hydrogens (tertiary/aromatic N) is 3. The summed E-state index contributed by atoms with van der Waals surface area (Å²) in [6.45, 7) is 0. The summed E-state index contributed by atoms with van der Waals surface area (Å²) in [6, 6.07) is 0. The second-order valence-corrected chi connectivity index (χ2v) is 2.06. The molecule has 0 saturated heterocycles. The van der Waals surface area contributed by atoms with Crippen LogP contribution in [0.5, 0.6) is 0 Å². The van der Waals surface area contributed by atoms with Crippen molar-refractivity contribution in [2.45, 2.75) is 0 Å². The van der Waals surface area contributed by atoms with Gasteiger partial charge in [0.15, 0.2) is 0 Å². The van der Waals surface area contributed by atoms with Gasteiger partial charge in [0.1, 0.15) is 0 Å². The summed E-state index contributed by atoms with van der Waals surface area (Å²) in [5, 5.41) is 8.50. The van der Waals surface area contributed by atoms with Gasteiger partial charge in [0.25, 0.3) is 0 Å². The molecular weight excluding hydrogens is 156 g/mol. The van der Waals surface area contributed by atoms with Crippen LogP contribution in [0.2, 0.25) is 0 Å². The average molecular weight is 168 g/mol. The maximum atomic E-state index is 4.03. The summed E-state index contributed by atoms with van der Waals surface area (Å²) in [6.07, 6.45) is 0. The van der Waals surface area contributed by atoms with Gasteiger partial charge in [0, 0.05) is 21.1 Å². The van der Waals surface area contributed by atoms with E-state index < -0.39 is 0 Å². The molecule has 0 unspecified atom stereocenters. The number of aromatic nitrogens is 3. The van der Waals surface area contributed by atoms with Gasteiger partial charge in [-0.05, 0) is 0 Å². The van der Waals surface area contributed by atoms with Crippen molar-refractivity contribution in [1.82, 2.24) is 15.0 Å². The SMILES string of the molecule is CNc1nc(NC)nc(NC)n1. The summed E-state index contributed by atoms with van der Waals surface area (Å²) in [5.41, 5.74) is 0. The molecule has 0 radical (unpaired) electrons. The molecule has 6 nitrogen and oxygen atoms in total. The lowest BCUT2D eigenvalue weighted by atomic mass is 10.8. The molecule has 1 aromatic rings. The van der Waals surface area contributed by atoms with Gasteiger partial charge in [0.2, 0.25) is 17.8 Å². The van der Waals surface area contributed by atoms with E-state index in [4.69, 9.17) is 0 Å². The zero-order valence-corrected chi connectivity index (χ0v) is 7.34. The Labute approximate surface area is 70.8 Å². The Kier molecular flexibility index (Phi) is 2.62. The van der Waals surface area contributed by atoms with Crippen LogP contribution in [0.3, 0.4) is 0 Å². The topological polar surface area (TPSA) is 74.8 Å². The number of anilines is 3. The normalized spacial score (nSPS) is 9.25.